The molecule has 2 rings (SSSR count). The van der Waals surface area contributed by atoms with Gasteiger partial charge in [0.05, 0.1) is 12.5 Å². The highest BCUT2D eigenvalue weighted by atomic mass is 35.5. The summed E-state index contributed by atoms with van der Waals surface area (Å²) in [5.74, 6) is 0.705. The first-order valence-electron chi connectivity index (χ1n) is 8.17. The van der Waals surface area contributed by atoms with E-state index in [1.54, 1.807) is 17.1 Å². The molecule has 2 amide bonds. The summed E-state index contributed by atoms with van der Waals surface area (Å²) in [4.78, 5) is 28.5. The van der Waals surface area contributed by atoms with Gasteiger partial charge in [0.2, 0.25) is 11.8 Å². The molecule has 1 aliphatic heterocycles. The maximum atomic E-state index is 12.5. The van der Waals surface area contributed by atoms with Crippen molar-refractivity contribution in [2.75, 3.05) is 32.7 Å². The van der Waals surface area contributed by atoms with Gasteiger partial charge in [-0.15, -0.1) is 25.6 Å². The third-order valence-electron chi connectivity index (χ3n) is 4.52. The van der Waals surface area contributed by atoms with Crippen LogP contribution >= 0.6 is 12.4 Å². The molecule has 2 fully saturated rings. The van der Waals surface area contributed by atoms with Crippen LogP contribution in [-0.4, -0.2) is 60.4 Å². The van der Waals surface area contributed by atoms with Crippen molar-refractivity contribution >= 4 is 24.2 Å². The van der Waals surface area contributed by atoms with Crippen molar-refractivity contribution in [1.82, 2.24) is 15.1 Å². The van der Waals surface area contributed by atoms with Gasteiger partial charge in [0.15, 0.2) is 0 Å². The van der Waals surface area contributed by atoms with Gasteiger partial charge in [-0.3, -0.25) is 9.59 Å². The van der Waals surface area contributed by atoms with Gasteiger partial charge in [-0.05, 0) is 18.8 Å². The quantitative estimate of drug-likeness (QED) is 0.682. The van der Waals surface area contributed by atoms with Crippen LogP contribution in [0.4, 0.5) is 0 Å². The summed E-state index contributed by atoms with van der Waals surface area (Å²) < 4.78 is 0. The SMILES string of the molecule is C=CCN(CC=C)C(=O)CC1NCCN(CC2CCC2)C1=O.Cl. The van der Waals surface area contributed by atoms with E-state index in [0.29, 0.717) is 19.0 Å². The van der Waals surface area contributed by atoms with Crippen LogP contribution in [0.5, 0.6) is 0 Å². The Morgan fingerprint density at radius 3 is 2.48 bits per heavy atom. The molecular formula is C17H28ClN3O2. The van der Waals surface area contributed by atoms with E-state index in [9.17, 15) is 9.59 Å². The zero-order valence-electron chi connectivity index (χ0n) is 13.7. The number of halogens is 1. The monoisotopic (exact) mass is 341 g/mol. The Morgan fingerprint density at radius 2 is 1.96 bits per heavy atom. The first-order chi connectivity index (χ1) is 10.7. The average Bonchev–Trinajstić information content (AvgIpc) is 2.46. The lowest BCUT2D eigenvalue weighted by Crippen LogP contribution is -2.57. The summed E-state index contributed by atoms with van der Waals surface area (Å²) in [6.07, 6.45) is 7.34. The van der Waals surface area contributed by atoms with E-state index >= 15 is 0 Å². The molecule has 0 bridgehead atoms. The summed E-state index contributed by atoms with van der Waals surface area (Å²) >= 11 is 0. The van der Waals surface area contributed by atoms with Gasteiger partial charge in [-0.1, -0.05) is 18.6 Å². The van der Waals surface area contributed by atoms with E-state index in [1.165, 1.54) is 19.3 Å². The smallest absolute Gasteiger partial charge is 0.240 e. The maximum Gasteiger partial charge on any atom is 0.240 e. The molecule has 6 heteroatoms. The minimum atomic E-state index is -0.390. The van der Waals surface area contributed by atoms with Crippen LogP contribution in [0.1, 0.15) is 25.7 Å². The highest BCUT2D eigenvalue weighted by Gasteiger charge is 2.33. The van der Waals surface area contributed by atoms with Crippen molar-refractivity contribution in [2.45, 2.75) is 31.7 Å². The minimum absolute atomic E-state index is 0. The molecule has 0 aromatic carbocycles. The number of hydrogen-bond acceptors (Lipinski definition) is 3. The fourth-order valence-corrected chi connectivity index (χ4v) is 3.01. The topological polar surface area (TPSA) is 52.7 Å². The molecule has 0 aromatic rings. The number of carbonyl (C=O) groups is 2. The largest absolute Gasteiger partial charge is 0.340 e. The summed E-state index contributed by atoms with van der Waals surface area (Å²) in [6, 6.07) is -0.390. The lowest BCUT2D eigenvalue weighted by molar-refractivity contribution is -0.141. The molecule has 1 N–H and O–H groups in total. The number of piperazine rings is 1. The molecular weight excluding hydrogens is 314 g/mol. The second-order valence-corrected chi connectivity index (χ2v) is 6.17. The first-order valence-corrected chi connectivity index (χ1v) is 8.17. The molecule has 2 aliphatic rings. The van der Waals surface area contributed by atoms with Gasteiger partial charge in [0, 0.05) is 32.7 Å². The van der Waals surface area contributed by atoms with Crippen molar-refractivity contribution in [2.24, 2.45) is 5.92 Å². The number of nitrogens with zero attached hydrogens (tertiary/aromatic N) is 2. The lowest BCUT2D eigenvalue weighted by Gasteiger charge is -2.38. The highest BCUT2D eigenvalue weighted by Crippen LogP contribution is 2.27. The van der Waals surface area contributed by atoms with Crippen molar-refractivity contribution in [3.8, 4) is 0 Å². The summed E-state index contributed by atoms with van der Waals surface area (Å²) in [5, 5.41) is 3.19. The molecule has 1 unspecified atom stereocenters. The first kappa shape index (κ1) is 19.7. The Kier molecular flexibility index (Phi) is 8.34. The lowest BCUT2D eigenvalue weighted by atomic mass is 9.85. The number of hydrogen-bond donors (Lipinski definition) is 1. The van der Waals surface area contributed by atoms with Gasteiger partial charge >= 0.3 is 0 Å². The molecule has 1 aliphatic carbocycles. The van der Waals surface area contributed by atoms with Crippen molar-refractivity contribution in [1.29, 1.82) is 0 Å². The van der Waals surface area contributed by atoms with E-state index in [2.05, 4.69) is 18.5 Å². The molecule has 1 heterocycles. The van der Waals surface area contributed by atoms with Crippen molar-refractivity contribution < 1.29 is 9.59 Å². The van der Waals surface area contributed by atoms with Crippen LogP contribution in [0.2, 0.25) is 0 Å². The highest BCUT2D eigenvalue weighted by molar-refractivity contribution is 5.89. The maximum absolute atomic E-state index is 12.5. The van der Waals surface area contributed by atoms with E-state index in [1.807, 2.05) is 4.90 Å². The molecule has 1 atom stereocenters. The molecule has 1 saturated carbocycles. The Morgan fingerprint density at radius 1 is 1.30 bits per heavy atom. The second kappa shape index (κ2) is 9.73. The van der Waals surface area contributed by atoms with E-state index in [-0.39, 0.29) is 30.6 Å². The van der Waals surface area contributed by atoms with Crippen molar-refractivity contribution in [3.05, 3.63) is 25.3 Å². The summed E-state index contributed by atoms with van der Waals surface area (Å²) in [5.41, 5.74) is 0. The molecule has 130 valence electrons. The predicted molar refractivity (Wildman–Crippen MR) is 94.6 cm³/mol. The third kappa shape index (κ3) is 5.36. The van der Waals surface area contributed by atoms with Gasteiger partial charge in [-0.2, -0.15) is 0 Å². The van der Waals surface area contributed by atoms with Crippen LogP contribution in [0.25, 0.3) is 0 Å². The molecule has 1 saturated heterocycles. The molecule has 23 heavy (non-hydrogen) atoms. The molecule has 0 radical (unpaired) electrons. The molecule has 0 spiro atoms. The second-order valence-electron chi connectivity index (χ2n) is 6.17. The van der Waals surface area contributed by atoms with Crippen LogP contribution in [0.15, 0.2) is 25.3 Å². The zero-order chi connectivity index (χ0) is 15.9. The summed E-state index contributed by atoms with van der Waals surface area (Å²) in [6.45, 7) is 10.7. The summed E-state index contributed by atoms with van der Waals surface area (Å²) in [7, 11) is 0. The minimum Gasteiger partial charge on any atom is -0.340 e. The number of carbonyl (C=O) groups excluding carboxylic acids is 2. The number of amides is 2. The Bertz CT molecular complexity index is 428. The predicted octanol–water partition coefficient (Wildman–Crippen LogP) is 1.60. The van der Waals surface area contributed by atoms with Gasteiger partial charge in [-0.25, -0.2) is 0 Å². The van der Waals surface area contributed by atoms with Crippen LogP contribution in [-0.2, 0) is 9.59 Å². The fraction of sp³-hybridized carbons (Fsp3) is 0.647. The zero-order valence-corrected chi connectivity index (χ0v) is 14.5. The fourth-order valence-electron chi connectivity index (χ4n) is 3.01. The van der Waals surface area contributed by atoms with Crippen LogP contribution in [0.3, 0.4) is 0 Å². The van der Waals surface area contributed by atoms with Crippen LogP contribution in [0, 0.1) is 5.92 Å². The van der Waals surface area contributed by atoms with Gasteiger partial charge in [0.1, 0.15) is 0 Å². The van der Waals surface area contributed by atoms with Gasteiger partial charge < -0.3 is 15.1 Å². The molecule has 5 nitrogen and oxygen atoms in total. The Hall–Kier alpha value is -1.33. The molecule has 0 aromatic heterocycles. The standard InChI is InChI=1S/C17H27N3O2.ClH/c1-3-9-19(10-4-2)16(21)12-15-17(22)20(11-8-18-15)13-14-6-5-7-14;/h3-4,14-15,18H,1-2,5-13H2;1H. The van der Waals surface area contributed by atoms with E-state index in [0.717, 1.165) is 19.6 Å². The van der Waals surface area contributed by atoms with Gasteiger partial charge in [0.25, 0.3) is 0 Å². The van der Waals surface area contributed by atoms with E-state index < -0.39 is 6.04 Å². The Balaban J connectivity index is 0.00000264. The normalized spacial score (nSPS) is 21.1. The number of rotatable bonds is 8. The Labute approximate surface area is 145 Å². The van der Waals surface area contributed by atoms with Crippen LogP contribution < -0.4 is 5.32 Å². The van der Waals surface area contributed by atoms with Crippen molar-refractivity contribution in [3.63, 3.8) is 0 Å². The van der Waals surface area contributed by atoms with E-state index in [4.69, 9.17) is 0 Å². The average molecular weight is 342 g/mol. The number of nitrogens with one attached hydrogen (secondary N) is 1. The third-order valence-corrected chi connectivity index (χ3v) is 4.52.